The van der Waals surface area contributed by atoms with Gasteiger partial charge in [-0.2, -0.15) is 0 Å². The van der Waals surface area contributed by atoms with Crippen LogP contribution in [0.2, 0.25) is 0 Å². The summed E-state index contributed by atoms with van der Waals surface area (Å²) < 4.78 is 10.0. The lowest BCUT2D eigenvalue weighted by molar-refractivity contribution is -0.149. The topological polar surface area (TPSA) is 102 Å². The van der Waals surface area contributed by atoms with E-state index in [2.05, 4.69) is 5.32 Å². The summed E-state index contributed by atoms with van der Waals surface area (Å²) in [7, 11) is 0. The molecule has 2 rings (SSSR count). The summed E-state index contributed by atoms with van der Waals surface area (Å²) >= 11 is 0. The van der Waals surface area contributed by atoms with Crippen LogP contribution >= 0.6 is 0 Å². The van der Waals surface area contributed by atoms with Crippen LogP contribution in [-0.2, 0) is 30.5 Å². The lowest BCUT2D eigenvalue weighted by Crippen LogP contribution is -2.53. The molecule has 1 N–H and O–H groups in total. The minimum absolute atomic E-state index is 0.0842. The van der Waals surface area contributed by atoms with Gasteiger partial charge in [0, 0.05) is 6.92 Å². The van der Waals surface area contributed by atoms with Gasteiger partial charge >= 0.3 is 12.1 Å². The minimum Gasteiger partial charge on any atom is -0.459 e. The molecule has 3 amide bonds. The highest BCUT2D eigenvalue weighted by Gasteiger charge is 2.46. The largest absolute Gasteiger partial charge is 0.459 e. The highest BCUT2D eigenvalue weighted by atomic mass is 16.6. The number of hydrogen-bond donors (Lipinski definition) is 1. The predicted molar refractivity (Wildman–Crippen MR) is 86.1 cm³/mol. The second-order valence-electron chi connectivity index (χ2n) is 5.75. The van der Waals surface area contributed by atoms with Crippen LogP contribution in [0.4, 0.5) is 4.79 Å². The van der Waals surface area contributed by atoms with E-state index in [4.69, 9.17) is 9.47 Å². The fourth-order valence-electron chi connectivity index (χ4n) is 2.47. The Kier molecular flexibility index (Phi) is 5.74. The first kappa shape index (κ1) is 18.4. The summed E-state index contributed by atoms with van der Waals surface area (Å²) in [5.41, 5.74) is 0.820. The number of rotatable bonds is 5. The maximum Gasteiger partial charge on any atom is 0.417 e. The summed E-state index contributed by atoms with van der Waals surface area (Å²) in [4.78, 5) is 48.3. The molecule has 1 fully saturated rings. The molecule has 0 radical (unpaired) electrons. The Labute approximate surface area is 145 Å². The lowest BCUT2D eigenvalue weighted by atomic mass is 10.1. The molecular formula is C17H20N2O6. The normalized spacial score (nSPS) is 20.6. The molecule has 134 valence electrons. The van der Waals surface area contributed by atoms with Crippen molar-refractivity contribution in [2.45, 2.75) is 45.6 Å². The van der Waals surface area contributed by atoms with Crippen molar-refractivity contribution in [2.24, 2.45) is 0 Å². The predicted octanol–water partition coefficient (Wildman–Crippen LogP) is 0.990. The van der Waals surface area contributed by atoms with Crippen molar-refractivity contribution in [2.75, 3.05) is 0 Å². The molecule has 1 heterocycles. The molecule has 0 aromatic heterocycles. The number of benzene rings is 1. The van der Waals surface area contributed by atoms with Gasteiger partial charge in [0.25, 0.3) is 0 Å². The molecule has 0 unspecified atom stereocenters. The van der Waals surface area contributed by atoms with Crippen molar-refractivity contribution in [3.63, 3.8) is 0 Å². The van der Waals surface area contributed by atoms with Gasteiger partial charge < -0.3 is 14.8 Å². The number of hydrogen-bond acceptors (Lipinski definition) is 6. The average Bonchev–Trinajstić information content (AvgIpc) is 2.87. The van der Waals surface area contributed by atoms with Gasteiger partial charge in [0.05, 0.1) is 0 Å². The van der Waals surface area contributed by atoms with Crippen molar-refractivity contribution in [1.29, 1.82) is 0 Å². The number of carbonyl (C=O) groups is 4. The van der Waals surface area contributed by atoms with E-state index in [1.54, 1.807) is 0 Å². The molecule has 1 aliphatic heterocycles. The summed E-state index contributed by atoms with van der Waals surface area (Å²) in [6.07, 6.45) is -1.68. The van der Waals surface area contributed by atoms with Crippen LogP contribution in [0.5, 0.6) is 0 Å². The molecule has 3 atom stereocenters. The molecule has 1 aromatic carbocycles. The number of ether oxygens (including phenoxy) is 2. The number of carbonyl (C=O) groups excluding carboxylic acids is 4. The minimum atomic E-state index is -1.12. The molecule has 0 aliphatic carbocycles. The number of nitrogens with zero attached hydrogens (tertiary/aromatic N) is 1. The second-order valence-corrected chi connectivity index (χ2v) is 5.75. The molecular weight excluding hydrogens is 328 g/mol. The Morgan fingerprint density at radius 1 is 1.28 bits per heavy atom. The standard InChI is InChI=1S/C17H20N2O6/c1-10(16(22)24-9-13-7-5-4-6-8-13)18-15(21)14-11(2)25-17(23)19(14)12(3)20/h4-8,10-11,14H,9H2,1-3H3,(H,18,21)/t10-,11+,14-/m0/s1. The van der Waals surface area contributed by atoms with E-state index in [0.717, 1.165) is 17.4 Å². The third-order valence-electron chi connectivity index (χ3n) is 3.75. The zero-order valence-electron chi connectivity index (χ0n) is 14.2. The first-order chi connectivity index (χ1) is 11.8. The van der Waals surface area contributed by atoms with Crippen LogP contribution in [0.3, 0.4) is 0 Å². The van der Waals surface area contributed by atoms with Crippen LogP contribution < -0.4 is 5.32 Å². The summed E-state index contributed by atoms with van der Waals surface area (Å²) in [5.74, 6) is -1.88. The van der Waals surface area contributed by atoms with E-state index in [1.807, 2.05) is 30.3 Å². The van der Waals surface area contributed by atoms with Crippen molar-refractivity contribution in [3.05, 3.63) is 35.9 Å². The SMILES string of the molecule is CC(=O)N1C(=O)O[C@H](C)[C@H]1C(=O)N[C@@H](C)C(=O)OCc1ccccc1. The maximum atomic E-state index is 12.4. The smallest absolute Gasteiger partial charge is 0.417 e. The van der Waals surface area contributed by atoms with E-state index >= 15 is 0 Å². The van der Waals surface area contributed by atoms with E-state index in [9.17, 15) is 19.2 Å². The van der Waals surface area contributed by atoms with Crippen LogP contribution in [0.1, 0.15) is 26.3 Å². The second kappa shape index (κ2) is 7.78. The molecule has 1 saturated heterocycles. The van der Waals surface area contributed by atoms with E-state index < -0.39 is 42.1 Å². The third kappa shape index (κ3) is 4.34. The highest BCUT2D eigenvalue weighted by Crippen LogP contribution is 2.20. The first-order valence-electron chi connectivity index (χ1n) is 7.82. The van der Waals surface area contributed by atoms with Crippen LogP contribution in [-0.4, -0.2) is 47.0 Å². The zero-order chi connectivity index (χ0) is 18.6. The highest BCUT2D eigenvalue weighted by molar-refractivity contribution is 6.00. The van der Waals surface area contributed by atoms with Crippen molar-refractivity contribution in [1.82, 2.24) is 10.2 Å². The Balaban J connectivity index is 1.93. The van der Waals surface area contributed by atoms with Gasteiger partial charge in [0.2, 0.25) is 11.8 Å². The average molecular weight is 348 g/mol. The third-order valence-corrected chi connectivity index (χ3v) is 3.75. The van der Waals surface area contributed by atoms with Crippen LogP contribution in [0.15, 0.2) is 30.3 Å². The van der Waals surface area contributed by atoms with Crippen molar-refractivity contribution >= 4 is 23.9 Å². The van der Waals surface area contributed by atoms with Crippen LogP contribution in [0, 0.1) is 0 Å². The Hall–Kier alpha value is -2.90. The number of esters is 1. The van der Waals surface area contributed by atoms with Gasteiger partial charge in [-0.3, -0.25) is 9.59 Å². The van der Waals surface area contributed by atoms with Gasteiger partial charge in [0.15, 0.2) is 6.04 Å². The maximum absolute atomic E-state index is 12.4. The van der Waals surface area contributed by atoms with E-state index in [0.29, 0.717) is 0 Å². The van der Waals surface area contributed by atoms with Gasteiger partial charge in [-0.1, -0.05) is 30.3 Å². The van der Waals surface area contributed by atoms with Gasteiger partial charge in [-0.25, -0.2) is 14.5 Å². The van der Waals surface area contributed by atoms with Crippen molar-refractivity contribution < 1.29 is 28.7 Å². The van der Waals surface area contributed by atoms with Gasteiger partial charge in [-0.15, -0.1) is 0 Å². The van der Waals surface area contributed by atoms with Crippen molar-refractivity contribution in [3.8, 4) is 0 Å². The number of imide groups is 1. The fourth-order valence-corrected chi connectivity index (χ4v) is 2.47. The quantitative estimate of drug-likeness (QED) is 0.796. The lowest BCUT2D eigenvalue weighted by Gasteiger charge is -2.21. The zero-order valence-corrected chi connectivity index (χ0v) is 14.2. The molecule has 1 aromatic rings. The van der Waals surface area contributed by atoms with Crippen LogP contribution in [0.25, 0.3) is 0 Å². The van der Waals surface area contributed by atoms with Gasteiger partial charge in [-0.05, 0) is 19.4 Å². The molecule has 8 nitrogen and oxygen atoms in total. The Morgan fingerprint density at radius 3 is 2.52 bits per heavy atom. The summed E-state index contributed by atoms with van der Waals surface area (Å²) in [5, 5.41) is 2.45. The molecule has 25 heavy (non-hydrogen) atoms. The number of cyclic esters (lactones) is 1. The monoisotopic (exact) mass is 348 g/mol. The van der Waals surface area contributed by atoms with E-state index in [-0.39, 0.29) is 6.61 Å². The van der Waals surface area contributed by atoms with Gasteiger partial charge in [0.1, 0.15) is 18.8 Å². The molecule has 1 aliphatic rings. The summed E-state index contributed by atoms with van der Waals surface area (Å²) in [6.45, 7) is 4.22. The Morgan fingerprint density at radius 2 is 1.92 bits per heavy atom. The summed E-state index contributed by atoms with van der Waals surface area (Å²) in [6, 6.07) is 7.06. The number of nitrogens with one attached hydrogen (secondary N) is 1. The number of amides is 3. The molecule has 0 bridgehead atoms. The molecule has 0 saturated carbocycles. The molecule has 8 heteroatoms. The Bertz CT molecular complexity index is 675. The molecule has 0 spiro atoms. The first-order valence-corrected chi connectivity index (χ1v) is 7.82. The van der Waals surface area contributed by atoms with E-state index in [1.165, 1.54) is 13.8 Å². The fraction of sp³-hybridized carbons (Fsp3) is 0.412.